The van der Waals surface area contributed by atoms with Crippen LogP contribution in [0.1, 0.15) is 12.8 Å². The standard InChI is InChI=1S/C18H21ClN2O7S2/c1-21(30(26,27)14-7-5-13(19)6-8-14)16-12-15(9-10-17(16)28-2)29(24,25)20-11-3-4-18(22)23/h5-10,12,20H,3-4,11H2,1-2H3,(H,22,23). The summed E-state index contributed by atoms with van der Waals surface area (Å²) in [5.41, 5.74) is 0.0147. The summed E-state index contributed by atoms with van der Waals surface area (Å²) in [5, 5.41) is 9.01. The van der Waals surface area contributed by atoms with E-state index in [1.807, 2.05) is 0 Å². The molecule has 0 saturated heterocycles. The Balaban J connectivity index is 2.38. The van der Waals surface area contributed by atoms with Crippen molar-refractivity contribution in [2.24, 2.45) is 0 Å². The zero-order valence-electron chi connectivity index (χ0n) is 16.2. The molecular weight excluding hydrogens is 456 g/mol. The molecule has 9 nitrogen and oxygen atoms in total. The molecule has 0 aliphatic rings. The second kappa shape index (κ2) is 9.65. The minimum absolute atomic E-state index is 0.0147. The number of anilines is 1. The number of carboxylic acid groups (broad SMARTS) is 1. The van der Waals surface area contributed by atoms with Gasteiger partial charge in [-0.1, -0.05) is 11.6 Å². The first-order chi connectivity index (χ1) is 14.0. The highest BCUT2D eigenvalue weighted by atomic mass is 35.5. The second-order valence-corrected chi connectivity index (χ2v) is 10.3. The van der Waals surface area contributed by atoms with Crippen LogP contribution in [0.4, 0.5) is 5.69 Å². The summed E-state index contributed by atoms with van der Waals surface area (Å²) in [6.45, 7) is -0.0745. The first-order valence-electron chi connectivity index (χ1n) is 8.63. The number of benzene rings is 2. The van der Waals surface area contributed by atoms with Crippen LogP contribution in [0.15, 0.2) is 52.3 Å². The van der Waals surface area contributed by atoms with Crippen molar-refractivity contribution in [3.63, 3.8) is 0 Å². The number of hydrogen-bond acceptors (Lipinski definition) is 6. The van der Waals surface area contributed by atoms with Crippen LogP contribution >= 0.6 is 11.6 Å². The maximum Gasteiger partial charge on any atom is 0.303 e. The zero-order chi connectivity index (χ0) is 22.5. The van der Waals surface area contributed by atoms with E-state index in [1.165, 1.54) is 56.6 Å². The van der Waals surface area contributed by atoms with Gasteiger partial charge in [0.25, 0.3) is 10.0 Å². The van der Waals surface area contributed by atoms with Crippen molar-refractivity contribution in [2.75, 3.05) is 25.0 Å². The summed E-state index contributed by atoms with van der Waals surface area (Å²) in [6.07, 6.45) is -0.0686. The van der Waals surface area contributed by atoms with Crippen molar-refractivity contribution < 1.29 is 31.5 Å². The van der Waals surface area contributed by atoms with Gasteiger partial charge in [0.1, 0.15) is 5.75 Å². The average Bonchev–Trinajstić information content (AvgIpc) is 2.70. The molecule has 2 rings (SSSR count). The van der Waals surface area contributed by atoms with Crippen molar-refractivity contribution >= 4 is 43.3 Å². The monoisotopic (exact) mass is 476 g/mol. The Morgan fingerprint density at radius 1 is 1.10 bits per heavy atom. The Labute approximate surface area is 180 Å². The highest BCUT2D eigenvalue weighted by Crippen LogP contribution is 2.33. The number of halogens is 1. The zero-order valence-corrected chi connectivity index (χ0v) is 18.6. The maximum absolute atomic E-state index is 13.0. The topological polar surface area (TPSA) is 130 Å². The van der Waals surface area contributed by atoms with E-state index in [1.54, 1.807) is 0 Å². The summed E-state index contributed by atoms with van der Waals surface area (Å²) in [7, 11) is -5.40. The SMILES string of the molecule is COc1ccc(S(=O)(=O)NCCCC(=O)O)cc1N(C)S(=O)(=O)c1ccc(Cl)cc1. The predicted octanol–water partition coefficient (Wildman–Crippen LogP) is 2.32. The number of hydrogen-bond donors (Lipinski definition) is 2. The number of aliphatic carboxylic acids is 1. The van der Waals surface area contributed by atoms with Gasteiger partial charge < -0.3 is 9.84 Å². The van der Waals surface area contributed by atoms with Gasteiger partial charge in [-0.05, 0) is 48.9 Å². The number of sulfonamides is 2. The summed E-state index contributed by atoms with van der Waals surface area (Å²) < 4.78 is 59.4. The highest BCUT2D eigenvalue weighted by Gasteiger charge is 2.26. The van der Waals surface area contributed by atoms with Gasteiger partial charge in [-0.25, -0.2) is 21.6 Å². The van der Waals surface area contributed by atoms with Crippen molar-refractivity contribution in [1.82, 2.24) is 4.72 Å². The molecule has 12 heteroatoms. The molecule has 0 aliphatic carbocycles. The molecule has 164 valence electrons. The van der Waals surface area contributed by atoms with Gasteiger partial charge >= 0.3 is 5.97 Å². The fourth-order valence-electron chi connectivity index (χ4n) is 2.51. The Kier molecular flexibility index (Phi) is 7.70. The molecule has 2 aromatic rings. The molecule has 0 radical (unpaired) electrons. The van der Waals surface area contributed by atoms with Crippen LogP contribution in [0.2, 0.25) is 5.02 Å². The minimum Gasteiger partial charge on any atom is -0.495 e. The summed E-state index contributed by atoms with van der Waals surface area (Å²) in [5.74, 6) is -0.880. The normalized spacial score (nSPS) is 11.8. The number of methoxy groups -OCH3 is 1. The number of rotatable bonds is 10. The number of carbonyl (C=O) groups is 1. The van der Waals surface area contributed by atoms with Crippen molar-refractivity contribution in [3.8, 4) is 5.75 Å². The molecule has 0 spiro atoms. The lowest BCUT2D eigenvalue weighted by atomic mass is 10.3. The molecule has 30 heavy (non-hydrogen) atoms. The van der Waals surface area contributed by atoms with E-state index in [0.29, 0.717) is 5.02 Å². The molecule has 0 aromatic heterocycles. The predicted molar refractivity (Wildman–Crippen MR) is 112 cm³/mol. The molecule has 0 amide bonds. The third-order valence-corrected chi connectivity index (χ3v) is 7.63. The molecule has 0 aliphatic heterocycles. The Hall–Kier alpha value is -2.34. The largest absolute Gasteiger partial charge is 0.495 e. The second-order valence-electron chi connectivity index (χ2n) is 6.16. The number of nitrogens with zero attached hydrogens (tertiary/aromatic N) is 1. The molecule has 2 aromatic carbocycles. The molecule has 0 bridgehead atoms. The minimum atomic E-state index is -4.02. The first-order valence-corrected chi connectivity index (χ1v) is 11.9. The first kappa shape index (κ1) is 23.9. The van der Waals surface area contributed by atoms with E-state index in [9.17, 15) is 21.6 Å². The highest BCUT2D eigenvalue weighted by molar-refractivity contribution is 7.92. The van der Waals surface area contributed by atoms with Crippen molar-refractivity contribution in [1.29, 1.82) is 0 Å². The van der Waals surface area contributed by atoms with Crippen LogP contribution in [-0.2, 0) is 24.8 Å². The van der Waals surface area contributed by atoms with Gasteiger partial charge in [-0.2, -0.15) is 0 Å². The van der Waals surface area contributed by atoms with Gasteiger partial charge in [0, 0.05) is 25.0 Å². The summed E-state index contributed by atoms with van der Waals surface area (Å²) in [6, 6.07) is 9.32. The van der Waals surface area contributed by atoms with Gasteiger partial charge in [0.2, 0.25) is 10.0 Å². The quantitative estimate of drug-likeness (QED) is 0.503. The molecule has 2 N–H and O–H groups in total. The van der Waals surface area contributed by atoms with E-state index in [0.717, 1.165) is 4.31 Å². The van der Waals surface area contributed by atoms with Gasteiger partial charge in [-0.3, -0.25) is 9.10 Å². The average molecular weight is 477 g/mol. The van der Waals surface area contributed by atoms with E-state index in [-0.39, 0.29) is 40.6 Å². The molecule has 0 unspecified atom stereocenters. The van der Waals surface area contributed by atoms with E-state index in [4.69, 9.17) is 21.4 Å². The number of carboxylic acids is 1. The van der Waals surface area contributed by atoms with E-state index >= 15 is 0 Å². The van der Waals surface area contributed by atoms with Crippen molar-refractivity contribution in [2.45, 2.75) is 22.6 Å². The number of ether oxygens (including phenoxy) is 1. The van der Waals surface area contributed by atoms with Crippen LogP contribution in [0.25, 0.3) is 0 Å². The summed E-state index contributed by atoms with van der Waals surface area (Å²) in [4.78, 5) is 10.3. The van der Waals surface area contributed by atoms with Gasteiger partial charge in [0.05, 0.1) is 22.6 Å². The van der Waals surface area contributed by atoms with Crippen molar-refractivity contribution in [3.05, 3.63) is 47.5 Å². The Morgan fingerprint density at radius 2 is 1.70 bits per heavy atom. The van der Waals surface area contributed by atoms with Gasteiger partial charge in [-0.15, -0.1) is 0 Å². The number of nitrogens with one attached hydrogen (secondary N) is 1. The summed E-state index contributed by atoms with van der Waals surface area (Å²) >= 11 is 5.81. The third kappa shape index (κ3) is 5.63. The van der Waals surface area contributed by atoms with Crippen LogP contribution in [0.5, 0.6) is 5.75 Å². The van der Waals surface area contributed by atoms with Crippen LogP contribution in [0.3, 0.4) is 0 Å². The van der Waals surface area contributed by atoms with Gasteiger partial charge in [0.15, 0.2) is 0 Å². The third-order valence-electron chi connectivity index (χ3n) is 4.13. The molecular formula is C18H21ClN2O7S2. The lowest BCUT2D eigenvalue weighted by Gasteiger charge is -2.22. The van der Waals surface area contributed by atoms with Crippen LogP contribution in [-0.4, -0.2) is 48.6 Å². The fourth-order valence-corrected chi connectivity index (χ4v) is 4.92. The lowest BCUT2D eigenvalue weighted by Crippen LogP contribution is -2.28. The van der Waals surface area contributed by atoms with Crippen LogP contribution in [0, 0.1) is 0 Å². The Morgan fingerprint density at radius 3 is 2.27 bits per heavy atom. The fraction of sp³-hybridized carbons (Fsp3) is 0.278. The van der Waals surface area contributed by atoms with E-state index < -0.39 is 26.0 Å². The van der Waals surface area contributed by atoms with Crippen LogP contribution < -0.4 is 13.8 Å². The van der Waals surface area contributed by atoms with E-state index in [2.05, 4.69) is 4.72 Å². The molecule has 0 heterocycles. The molecule has 0 fully saturated rings. The maximum atomic E-state index is 13.0. The Bertz CT molecular complexity index is 1120. The molecule has 0 saturated carbocycles. The lowest BCUT2D eigenvalue weighted by molar-refractivity contribution is -0.137. The smallest absolute Gasteiger partial charge is 0.303 e. The molecule has 0 atom stereocenters.